The van der Waals surface area contributed by atoms with E-state index < -0.39 is 6.10 Å². The van der Waals surface area contributed by atoms with Gasteiger partial charge < -0.3 is 14.8 Å². The van der Waals surface area contributed by atoms with Crippen LogP contribution in [0, 0.1) is 6.92 Å². The minimum absolute atomic E-state index is 0.161. The first-order chi connectivity index (χ1) is 11.0. The highest BCUT2D eigenvalue weighted by atomic mass is 16.5. The van der Waals surface area contributed by atoms with E-state index in [1.54, 1.807) is 14.0 Å². The number of benzene rings is 2. The van der Waals surface area contributed by atoms with Gasteiger partial charge in [-0.3, -0.25) is 4.79 Å². The highest BCUT2D eigenvalue weighted by Gasteiger charge is 2.19. The molecule has 2 atom stereocenters. The second kappa shape index (κ2) is 7.68. The van der Waals surface area contributed by atoms with Crippen molar-refractivity contribution in [3.63, 3.8) is 0 Å². The molecule has 2 rings (SSSR count). The highest BCUT2D eigenvalue weighted by Crippen LogP contribution is 2.24. The van der Waals surface area contributed by atoms with Gasteiger partial charge in [0.05, 0.1) is 13.2 Å². The standard InChI is InChI=1S/C19H23NO3/c1-13-9-5-7-11-17(13)23-15(3)19(21)20-14(2)16-10-6-8-12-18(16)22-4/h5-12,14-15H,1-4H3,(H,20,21)/t14-,15-/m0/s1. The molecule has 23 heavy (non-hydrogen) atoms. The Morgan fingerprint density at radius 3 is 2.26 bits per heavy atom. The van der Waals surface area contributed by atoms with Crippen molar-refractivity contribution >= 4 is 5.91 Å². The highest BCUT2D eigenvalue weighted by molar-refractivity contribution is 5.81. The number of carbonyl (C=O) groups is 1. The lowest BCUT2D eigenvalue weighted by molar-refractivity contribution is -0.127. The summed E-state index contributed by atoms with van der Waals surface area (Å²) in [6.45, 7) is 5.63. The largest absolute Gasteiger partial charge is 0.496 e. The van der Waals surface area contributed by atoms with E-state index >= 15 is 0 Å². The summed E-state index contributed by atoms with van der Waals surface area (Å²) >= 11 is 0. The number of carbonyl (C=O) groups excluding carboxylic acids is 1. The number of amides is 1. The maximum Gasteiger partial charge on any atom is 0.261 e. The van der Waals surface area contributed by atoms with Gasteiger partial charge in [-0.15, -0.1) is 0 Å². The van der Waals surface area contributed by atoms with E-state index in [1.165, 1.54) is 0 Å². The van der Waals surface area contributed by atoms with Crippen LogP contribution < -0.4 is 14.8 Å². The second-order valence-corrected chi connectivity index (χ2v) is 5.50. The average Bonchev–Trinajstić information content (AvgIpc) is 2.56. The number of aryl methyl sites for hydroxylation is 1. The van der Waals surface area contributed by atoms with Gasteiger partial charge in [-0.2, -0.15) is 0 Å². The zero-order valence-corrected chi connectivity index (χ0v) is 14.0. The van der Waals surface area contributed by atoms with Crippen molar-refractivity contribution in [1.29, 1.82) is 0 Å². The predicted molar refractivity (Wildman–Crippen MR) is 90.8 cm³/mol. The van der Waals surface area contributed by atoms with Crippen LogP contribution in [-0.2, 0) is 4.79 Å². The van der Waals surface area contributed by atoms with Gasteiger partial charge in [0.1, 0.15) is 11.5 Å². The van der Waals surface area contributed by atoms with E-state index in [-0.39, 0.29) is 11.9 Å². The third-order valence-electron chi connectivity index (χ3n) is 3.73. The molecule has 122 valence electrons. The topological polar surface area (TPSA) is 47.6 Å². The molecule has 0 heterocycles. The smallest absolute Gasteiger partial charge is 0.261 e. The summed E-state index contributed by atoms with van der Waals surface area (Å²) in [4.78, 5) is 12.4. The molecule has 0 aliphatic heterocycles. The minimum Gasteiger partial charge on any atom is -0.496 e. The summed E-state index contributed by atoms with van der Waals surface area (Å²) in [6.07, 6.45) is -0.576. The fourth-order valence-corrected chi connectivity index (χ4v) is 2.37. The van der Waals surface area contributed by atoms with Crippen molar-refractivity contribution in [3.8, 4) is 11.5 Å². The third kappa shape index (κ3) is 4.25. The van der Waals surface area contributed by atoms with Crippen LogP contribution >= 0.6 is 0 Å². The number of methoxy groups -OCH3 is 1. The van der Waals surface area contributed by atoms with Crippen molar-refractivity contribution in [1.82, 2.24) is 5.32 Å². The Bertz CT molecular complexity index is 669. The van der Waals surface area contributed by atoms with Crippen LogP contribution in [0.5, 0.6) is 11.5 Å². The Morgan fingerprint density at radius 2 is 1.61 bits per heavy atom. The van der Waals surface area contributed by atoms with Crippen molar-refractivity contribution in [2.24, 2.45) is 0 Å². The molecule has 2 aromatic carbocycles. The second-order valence-electron chi connectivity index (χ2n) is 5.50. The van der Waals surface area contributed by atoms with Gasteiger partial charge in [0.15, 0.2) is 6.10 Å². The molecule has 0 aromatic heterocycles. The molecule has 1 amide bonds. The lowest BCUT2D eigenvalue weighted by Crippen LogP contribution is -2.38. The van der Waals surface area contributed by atoms with Crippen molar-refractivity contribution < 1.29 is 14.3 Å². The normalized spacial score (nSPS) is 13.0. The van der Waals surface area contributed by atoms with Crippen molar-refractivity contribution in [2.45, 2.75) is 32.9 Å². The summed E-state index contributed by atoms with van der Waals surface area (Å²) in [6, 6.07) is 15.1. The van der Waals surface area contributed by atoms with Crippen LogP contribution in [0.3, 0.4) is 0 Å². The molecule has 4 heteroatoms. The van der Waals surface area contributed by atoms with Gasteiger partial charge >= 0.3 is 0 Å². The molecular weight excluding hydrogens is 290 g/mol. The number of rotatable bonds is 6. The Hall–Kier alpha value is -2.49. The number of hydrogen-bond donors (Lipinski definition) is 1. The maximum atomic E-state index is 12.4. The lowest BCUT2D eigenvalue weighted by Gasteiger charge is -2.21. The molecule has 0 aliphatic rings. The average molecular weight is 313 g/mol. The SMILES string of the molecule is COc1ccccc1[C@H](C)NC(=O)[C@H](C)Oc1ccccc1C. The van der Waals surface area contributed by atoms with Crippen molar-refractivity contribution in [3.05, 3.63) is 59.7 Å². The Kier molecular flexibility index (Phi) is 5.63. The molecule has 4 nitrogen and oxygen atoms in total. The van der Waals surface area contributed by atoms with E-state index in [9.17, 15) is 4.79 Å². The molecule has 0 bridgehead atoms. The number of nitrogens with one attached hydrogen (secondary N) is 1. The summed E-state index contributed by atoms with van der Waals surface area (Å²) < 4.78 is 11.1. The summed E-state index contributed by atoms with van der Waals surface area (Å²) in [7, 11) is 1.62. The van der Waals surface area contributed by atoms with Crippen LogP contribution in [-0.4, -0.2) is 19.1 Å². The van der Waals surface area contributed by atoms with E-state index in [4.69, 9.17) is 9.47 Å². The molecule has 0 fully saturated rings. The van der Waals surface area contributed by atoms with E-state index in [0.717, 1.165) is 22.6 Å². The Balaban J connectivity index is 2.02. The number of hydrogen-bond acceptors (Lipinski definition) is 3. The lowest BCUT2D eigenvalue weighted by atomic mass is 10.1. The van der Waals surface area contributed by atoms with Gasteiger partial charge in [0.25, 0.3) is 5.91 Å². The van der Waals surface area contributed by atoms with Gasteiger partial charge in [0, 0.05) is 5.56 Å². The number of para-hydroxylation sites is 2. The van der Waals surface area contributed by atoms with Crippen LogP contribution in [0.1, 0.15) is 31.0 Å². The summed E-state index contributed by atoms with van der Waals surface area (Å²) in [5.41, 5.74) is 1.94. The first-order valence-electron chi connectivity index (χ1n) is 7.68. The fourth-order valence-electron chi connectivity index (χ4n) is 2.37. The van der Waals surface area contributed by atoms with Crippen LogP contribution in [0.2, 0.25) is 0 Å². The summed E-state index contributed by atoms with van der Waals surface area (Å²) in [5.74, 6) is 1.32. The molecule has 0 unspecified atom stereocenters. The Labute approximate surface area is 137 Å². The minimum atomic E-state index is -0.576. The van der Waals surface area contributed by atoms with E-state index in [0.29, 0.717) is 0 Å². The third-order valence-corrected chi connectivity index (χ3v) is 3.73. The van der Waals surface area contributed by atoms with Gasteiger partial charge in [-0.25, -0.2) is 0 Å². The van der Waals surface area contributed by atoms with Gasteiger partial charge in [0.2, 0.25) is 0 Å². The van der Waals surface area contributed by atoms with E-state index in [2.05, 4.69) is 5.32 Å². The monoisotopic (exact) mass is 313 g/mol. The van der Waals surface area contributed by atoms with Crippen LogP contribution in [0.15, 0.2) is 48.5 Å². The summed E-state index contributed by atoms with van der Waals surface area (Å²) in [5, 5.41) is 2.97. The molecular formula is C19H23NO3. The molecule has 1 N–H and O–H groups in total. The predicted octanol–water partition coefficient (Wildman–Crippen LogP) is 3.65. The fraction of sp³-hybridized carbons (Fsp3) is 0.316. The van der Waals surface area contributed by atoms with Crippen molar-refractivity contribution in [2.75, 3.05) is 7.11 Å². The van der Waals surface area contributed by atoms with Crippen LogP contribution in [0.25, 0.3) is 0 Å². The quantitative estimate of drug-likeness (QED) is 0.885. The van der Waals surface area contributed by atoms with Crippen LogP contribution in [0.4, 0.5) is 0 Å². The molecule has 0 radical (unpaired) electrons. The first kappa shape index (κ1) is 16.9. The van der Waals surface area contributed by atoms with Gasteiger partial charge in [-0.05, 0) is 38.5 Å². The van der Waals surface area contributed by atoms with Gasteiger partial charge in [-0.1, -0.05) is 36.4 Å². The zero-order chi connectivity index (χ0) is 16.8. The molecule has 0 spiro atoms. The number of ether oxygens (including phenoxy) is 2. The first-order valence-corrected chi connectivity index (χ1v) is 7.68. The molecule has 0 saturated heterocycles. The van der Waals surface area contributed by atoms with E-state index in [1.807, 2.05) is 62.4 Å². The maximum absolute atomic E-state index is 12.4. The molecule has 2 aromatic rings. The molecule has 0 aliphatic carbocycles. The Morgan fingerprint density at radius 1 is 1.00 bits per heavy atom. The molecule has 0 saturated carbocycles. The zero-order valence-electron chi connectivity index (χ0n) is 14.0.